The van der Waals surface area contributed by atoms with Gasteiger partial charge in [0.2, 0.25) is 5.75 Å². The Morgan fingerprint density at radius 3 is 2.00 bits per heavy atom. The summed E-state index contributed by atoms with van der Waals surface area (Å²) in [5, 5.41) is 0. The van der Waals surface area contributed by atoms with E-state index in [1.165, 1.54) is 28.4 Å². The van der Waals surface area contributed by atoms with E-state index in [9.17, 15) is 4.79 Å². The quantitative estimate of drug-likeness (QED) is 0.805. The summed E-state index contributed by atoms with van der Waals surface area (Å²) in [4.78, 5) is 11.9. The van der Waals surface area contributed by atoms with Gasteiger partial charge in [-0.3, -0.25) is 4.79 Å². The zero-order valence-electron chi connectivity index (χ0n) is 13.8. The first-order valence-electron chi connectivity index (χ1n) is 6.47. The Hall–Kier alpha value is -1.66. The molecule has 0 aliphatic heterocycles. The van der Waals surface area contributed by atoms with Gasteiger partial charge in [0.1, 0.15) is 0 Å². The number of carbonyl (C=O) groups excluding carboxylic acids is 1. The molecule has 0 bridgehead atoms. The number of hydrogen-bond donors (Lipinski definition) is 1. The number of rotatable bonds is 6. The van der Waals surface area contributed by atoms with Crippen LogP contribution in [0.4, 0.5) is 0 Å². The lowest BCUT2D eigenvalue weighted by atomic mass is 9.80. The smallest absolute Gasteiger partial charge is 0.313 e. The van der Waals surface area contributed by atoms with Crippen LogP contribution in [-0.4, -0.2) is 34.4 Å². The summed E-state index contributed by atoms with van der Waals surface area (Å²) in [5.41, 5.74) is 5.99. The third-order valence-corrected chi connectivity index (χ3v) is 3.56. The maximum absolute atomic E-state index is 11.9. The van der Waals surface area contributed by atoms with E-state index >= 15 is 0 Å². The molecule has 0 spiro atoms. The maximum Gasteiger partial charge on any atom is 0.313 e. The Balaban J connectivity index is 0.00000441. The zero-order valence-corrected chi connectivity index (χ0v) is 14.6. The molecule has 0 aromatic heterocycles. The predicted molar refractivity (Wildman–Crippen MR) is 86.1 cm³/mol. The van der Waals surface area contributed by atoms with Crippen molar-refractivity contribution in [1.29, 1.82) is 0 Å². The van der Waals surface area contributed by atoms with Crippen molar-refractivity contribution < 1.29 is 23.7 Å². The number of benzene rings is 1. The number of ether oxygens (including phenoxy) is 4. The van der Waals surface area contributed by atoms with Crippen LogP contribution in [0.5, 0.6) is 17.2 Å². The molecular formula is C15H24ClNO5. The molecule has 1 rings (SSSR count). The fourth-order valence-electron chi connectivity index (χ4n) is 2.15. The summed E-state index contributed by atoms with van der Waals surface area (Å²) < 4.78 is 20.8. The molecule has 0 unspecified atom stereocenters. The zero-order chi connectivity index (χ0) is 16.2. The van der Waals surface area contributed by atoms with Gasteiger partial charge < -0.3 is 24.7 Å². The van der Waals surface area contributed by atoms with Crippen molar-refractivity contribution in [2.45, 2.75) is 19.9 Å². The highest BCUT2D eigenvalue weighted by molar-refractivity contribution is 5.85. The van der Waals surface area contributed by atoms with Crippen LogP contribution >= 0.6 is 12.4 Å². The van der Waals surface area contributed by atoms with Crippen LogP contribution in [0.25, 0.3) is 0 Å². The van der Waals surface area contributed by atoms with E-state index < -0.39 is 17.4 Å². The van der Waals surface area contributed by atoms with E-state index in [0.717, 1.165) is 0 Å². The van der Waals surface area contributed by atoms with Gasteiger partial charge in [-0.05, 0) is 26.0 Å². The summed E-state index contributed by atoms with van der Waals surface area (Å²) in [6.07, 6.45) is 0. The Morgan fingerprint density at radius 2 is 1.59 bits per heavy atom. The molecule has 0 saturated carbocycles. The molecule has 7 heteroatoms. The molecule has 0 aliphatic rings. The third-order valence-electron chi connectivity index (χ3n) is 3.56. The number of halogens is 1. The van der Waals surface area contributed by atoms with E-state index in [1.54, 1.807) is 26.0 Å². The van der Waals surface area contributed by atoms with E-state index in [0.29, 0.717) is 22.8 Å². The van der Waals surface area contributed by atoms with Crippen LogP contribution in [0.3, 0.4) is 0 Å². The van der Waals surface area contributed by atoms with Crippen molar-refractivity contribution in [3.05, 3.63) is 17.7 Å². The van der Waals surface area contributed by atoms with Crippen LogP contribution < -0.4 is 19.9 Å². The van der Waals surface area contributed by atoms with Gasteiger partial charge in [0.25, 0.3) is 0 Å². The molecular weight excluding hydrogens is 310 g/mol. The highest BCUT2D eigenvalue weighted by atomic mass is 35.5. The predicted octanol–water partition coefficient (Wildman–Crippen LogP) is 2.33. The molecule has 1 aromatic carbocycles. The molecule has 0 heterocycles. The summed E-state index contributed by atoms with van der Waals surface area (Å²) >= 11 is 0. The summed E-state index contributed by atoms with van der Waals surface area (Å²) in [6.45, 7) is 3.44. The minimum atomic E-state index is -0.915. The first-order chi connectivity index (χ1) is 9.84. The summed E-state index contributed by atoms with van der Waals surface area (Å²) in [5.74, 6) is 1.02. The topological polar surface area (TPSA) is 80.0 Å². The largest absolute Gasteiger partial charge is 0.493 e. The van der Waals surface area contributed by atoms with Gasteiger partial charge in [-0.1, -0.05) is 0 Å². The number of esters is 1. The second-order valence-electron chi connectivity index (χ2n) is 5.11. The first kappa shape index (κ1) is 20.3. The first-order valence-corrected chi connectivity index (χ1v) is 6.47. The van der Waals surface area contributed by atoms with Gasteiger partial charge in [0.05, 0.1) is 33.9 Å². The van der Waals surface area contributed by atoms with Crippen molar-refractivity contribution in [2.75, 3.05) is 28.4 Å². The monoisotopic (exact) mass is 333 g/mol. The lowest BCUT2D eigenvalue weighted by Crippen LogP contribution is -2.37. The Kier molecular flexibility index (Phi) is 7.49. The highest BCUT2D eigenvalue weighted by Crippen LogP contribution is 2.45. The average molecular weight is 334 g/mol. The molecule has 1 aromatic rings. The highest BCUT2D eigenvalue weighted by Gasteiger charge is 2.38. The second kappa shape index (κ2) is 8.10. The van der Waals surface area contributed by atoms with Crippen LogP contribution in [0.15, 0.2) is 12.1 Å². The molecule has 0 fully saturated rings. The molecule has 22 heavy (non-hydrogen) atoms. The van der Waals surface area contributed by atoms with Gasteiger partial charge in [-0.15, -0.1) is 12.4 Å². The van der Waals surface area contributed by atoms with Crippen molar-refractivity contribution in [3.63, 3.8) is 0 Å². The van der Waals surface area contributed by atoms with E-state index in [2.05, 4.69) is 0 Å². The average Bonchev–Trinajstić information content (AvgIpc) is 2.51. The molecule has 6 nitrogen and oxygen atoms in total. The fraction of sp³-hybridized carbons (Fsp3) is 0.533. The van der Waals surface area contributed by atoms with Crippen LogP contribution in [0.1, 0.15) is 25.5 Å². The van der Waals surface area contributed by atoms with Gasteiger partial charge in [0, 0.05) is 11.6 Å². The number of carbonyl (C=O) groups is 1. The van der Waals surface area contributed by atoms with Crippen LogP contribution in [0.2, 0.25) is 0 Å². The standard InChI is InChI=1S/C15H23NO5.ClH/c1-15(2,14(17)21-6)13(16)9-7-8-10(18-3)12(20-5)11(9)19-4;/h7-8,13H,16H2,1-6H3;1H/t13-;/m0./s1. The minimum Gasteiger partial charge on any atom is -0.493 e. The van der Waals surface area contributed by atoms with Gasteiger partial charge in [-0.25, -0.2) is 0 Å². The lowest BCUT2D eigenvalue weighted by Gasteiger charge is -2.30. The normalized spacial score (nSPS) is 12.0. The molecule has 0 amide bonds. The number of nitrogens with two attached hydrogens (primary N) is 1. The van der Waals surface area contributed by atoms with E-state index in [1.807, 2.05) is 0 Å². The van der Waals surface area contributed by atoms with Gasteiger partial charge >= 0.3 is 5.97 Å². The van der Waals surface area contributed by atoms with Gasteiger partial charge in [0.15, 0.2) is 11.5 Å². The lowest BCUT2D eigenvalue weighted by molar-refractivity contribution is -0.152. The van der Waals surface area contributed by atoms with E-state index in [4.69, 9.17) is 24.7 Å². The second-order valence-corrected chi connectivity index (χ2v) is 5.11. The Morgan fingerprint density at radius 1 is 1.05 bits per heavy atom. The molecule has 0 saturated heterocycles. The summed E-state index contributed by atoms with van der Waals surface area (Å²) in [7, 11) is 5.90. The SMILES string of the molecule is COC(=O)C(C)(C)[C@@H](N)c1ccc(OC)c(OC)c1OC.Cl. The van der Waals surface area contributed by atoms with Crippen molar-refractivity contribution in [1.82, 2.24) is 0 Å². The van der Waals surface area contributed by atoms with Crippen LogP contribution in [0, 0.1) is 5.41 Å². The maximum atomic E-state index is 11.9. The molecule has 0 radical (unpaired) electrons. The fourth-order valence-corrected chi connectivity index (χ4v) is 2.15. The van der Waals surface area contributed by atoms with E-state index in [-0.39, 0.29) is 12.4 Å². The van der Waals surface area contributed by atoms with Crippen LogP contribution in [-0.2, 0) is 9.53 Å². The van der Waals surface area contributed by atoms with Crippen molar-refractivity contribution in [2.24, 2.45) is 11.1 Å². The van der Waals surface area contributed by atoms with Crippen molar-refractivity contribution >= 4 is 18.4 Å². The molecule has 1 atom stereocenters. The third kappa shape index (κ3) is 3.56. The molecule has 2 N–H and O–H groups in total. The number of hydrogen-bond acceptors (Lipinski definition) is 6. The Bertz CT molecular complexity index is 519. The Labute approximate surface area is 137 Å². The van der Waals surface area contributed by atoms with Crippen molar-refractivity contribution in [3.8, 4) is 17.2 Å². The molecule has 126 valence electrons. The molecule has 0 aliphatic carbocycles. The van der Waals surface area contributed by atoms with Gasteiger partial charge in [-0.2, -0.15) is 0 Å². The summed E-state index contributed by atoms with van der Waals surface area (Å²) in [6, 6.07) is 2.86. The number of methoxy groups -OCH3 is 4. The minimum absolute atomic E-state index is 0.